The fraction of sp³-hybridized carbons (Fsp3) is 0.421. The first-order chi connectivity index (χ1) is 13.1. The molecule has 1 aliphatic rings. The number of halogens is 1. The number of aromatic nitrogens is 2. The number of nitrogens with zero attached hydrogens (tertiary/aromatic N) is 3. The van der Waals surface area contributed by atoms with Crippen molar-refractivity contribution in [3.63, 3.8) is 0 Å². The molecule has 2 aromatic rings. The molecule has 1 aliphatic heterocycles. The van der Waals surface area contributed by atoms with Gasteiger partial charge in [-0.15, -0.1) is 0 Å². The van der Waals surface area contributed by atoms with Gasteiger partial charge in [0.15, 0.2) is 0 Å². The Hall–Kier alpha value is -2.74. The Balaban J connectivity index is 1.49. The first-order valence-corrected chi connectivity index (χ1v) is 9.10. The maximum atomic E-state index is 13.1. The summed E-state index contributed by atoms with van der Waals surface area (Å²) in [7, 11) is 0. The molecule has 7 nitrogen and oxygen atoms in total. The Morgan fingerprint density at radius 1 is 1.33 bits per heavy atom. The van der Waals surface area contributed by atoms with E-state index in [1.807, 2.05) is 15.7 Å². The molecule has 27 heavy (non-hydrogen) atoms. The highest BCUT2D eigenvalue weighted by atomic mass is 19.1. The third kappa shape index (κ3) is 5.62. The van der Waals surface area contributed by atoms with Crippen molar-refractivity contribution in [1.29, 1.82) is 0 Å². The van der Waals surface area contributed by atoms with E-state index < -0.39 is 6.04 Å². The molecule has 1 atom stereocenters. The molecule has 144 valence electrons. The third-order valence-corrected chi connectivity index (χ3v) is 4.59. The predicted octanol–water partition coefficient (Wildman–Crippen LogP) is 0.919. The maximum Gasteiger partial charge on any atom is 0.237 e. The van der Waals surface area contributed by atoms with Crippen molar-refractivity contribution < 1.29 is 14.0 Å². The van der Waals surface area contributed by atoms with Gasteiger partial charge >= 0.3 is 0 Å². The van der Waals surface area contributed by atoms with Crippen molar-refractivity contribution in [3.05, 3.63) is 54.4 Å². The van der Waals surface area contributed by atoms with Gasteiger partial charge < -0.3 is 15.2 Å². The number of carbonyl (C=O) groups excluding carboxylic acids is 2. The average Bonchev–Trinajstić information content (AvgIpc) is 3.17. The molecule has 1 aromatic carbocycles. The van der Waals surface area contributed by atoms with Gasteiger partial charge in [0.05, 0.1) is 18.8 Å². The Morgan fingerprint density at radius 2 is 2.15 bits per heavy atom. The molecule has 1 aromatic heterocycles. The van der Waals surface area contributed by atoms with Crippen molar-refractivity contribution in [2.24, 2.45) is 0 Å². The number of hydrogen-bond acceptors (Lipinski definition) is 4. The normalized spacial score (nSPS) is 17.5. The van der Waals surface area contributed by atoms with Gasteiger partial charge in [0.2, 0.25) is 11.8 Å². The molecule has 3 rings (SSSR count). The summed E-state index contributed by atoms with van der Waals surface area (Å²) in [6.07, 6.45) is 6.23. The lowest BCUT2D eigenvalue weighted by Crippen LogP contribution is -2.56. The second-order valence-electron chi connectivity index (χ2n) is 6.61. The number of carbonyl (C=O) groups is 2. The van der Waals surface area contributed by atoms with E-state index in [2.05, 4.69) is 15.6 Å². The number of rotatable bonds is 8. The second-order valence-corrected chi connectivity index (χ2v) is 6.61. The van der Waals surface area contributed by atoms with Crippen molar-refractivity contribution in [3.8, 4) is 0 Å². The second kappa shape index (κ2) is 9.27. The summed E-state index contributed by atoms with van der Waals surface area (Å²) in [5, 5.41) is 5.69. The quantitative estimate of drug-likeness (QED) is 0.675. The zero-order valence-corrected chi connectivity index (χ0v) is 15.1. The number of nitrogens with one attached hydrogen (secondary N) is 2. The monoisotopic (exact) mass is 373 g/mol. The number of benzene rings is 1. The van der Waals surface area contributed by atoms with Crippen LogP contribution >= 0.6 is 0 Å². The first-order valence-electron chi connectivity index (χ1n) is 9.10. The van der Waals surface area contributed by atoms with E-state index >= 15 is 0 Å². The Morgan fingerprint density at radius 3 is 2.89 bits per heavy atom. The predicted molar refractivity (Wildman–Crippen MR) is 98.1 cm³/mol. The van der Waals surface area contributed by atoms with E-state index in [1.54, 1.807) is 24.7 Å². The van der Waals surface area contributed by atoms with Crippen molar-refractivity contribution in [1.82, 2.24) is 25.1 Å². The highest BCUT2D eigenvalue weighted by molar-refractivity contribution is 5.88. The van der Waals surface area contributed by atoms with Crippen LogP contribution in [0.3, 0.4) is 0 Å². The molecule has 0 bridgehead atoms. The van der Waals surface area contributed by atoms with Crippen LogP contribution in [0.15, 0.2) is 43.0 Å². The summed E-state index contributed by atoms with van der Waals surface area (Å²) in [6.45, 7) is 3.03. The zero-order chi connectivity index (χ0) is 19.1. The molecule has 0 aliphatic carbocycles. The SMILES string of the molecule is O=C(C[C@@H]1C(=O)NCCN1Cc1ccc(F)cc1)NCCCn1ccnc1. The molecule has 0 saturated carbocycles. The number of piperazine rings is 1. The Labute approximate surface area is 157 Å². The molecular formula is C19H24FN5O2. The summed E-state index contributed by atoms with van der Waals surface area (Å²) in [5.41, 5.74) is 0.914. The van der Waals surface area contributed by atoms with E-state index in [4.69, 9.17) is 0 Å². The van der Waals surface area contributed by atoms with Crippen LogP contribution in [-0.2, 0) is 22.7 Å². The van der Waals surface area contributed by atoms with E-state index in [9.17, 15) is 14.0 Å². The molecule has 1 fully saturated rings. The van der Waals surface area contributed by atoms with Crippen LogP contribution in [0.2, 0.25) is 0 Å². The van der Waals surface area contributed by atoms with Crippen LogP contribution in [0, 0.1) is 5.82 Å². The first kappa shape index (κ1) is 19.0. The molecule has 2 N–H and O–H groups in total. The standard InChI is InChI=1S/C19H24FN5O2/c20-16-4-2-15(3-5-16)13-25-11-8-23-19(27)17(25)12-18(26)22-6-1-9-24-10-7-21-14-24/h2-5,7,10,14,17H,1,6,8-9,11-13H2,(H,22,26)(H,23,27)/t17-/m1/s1. The minimum Gasteiger partial charge on any atom is -0.356 e. The van der Waals surface area contributed by atoms with Gasteiger partial charge in [0, 0.05) is 45.1 Å². The van der Waals surface area contributed by atoms with Gasteiger partial charge in [-0.05, 0) is 24.1 Å². The Bertz CT molecular complexity index is 748. The smallest absolute Gasteiger partial charge is 0.237 e. The van der Waals surface area contributed by atoms with E-state index in [1.165, 1.54) is 12.1 Å². The van der Waals surface area contributed by atoms with Gasteiger partial charge in [-0.3, -0.25) is 14.5 Å². The highest BCUT2D eigenvalue weighted by Gasteiger charge is 2.31. The molecular weight excluding hydrogens is 349 g/mol. The number of hydrogen-bond donors (Lipinski definition) is 2. The molecule has 0 unspecified atom stereocenters. The summed E-state index contributed by atoms with van der Waals surface area (Å²) < 4.78 is 15.0. The van der Waals surface area contributed by atoms with Crippen molar-refractivity contribution in [2.45, 2.75) is 32.0 Å². The van der Waals surface area contributed by atoms with E-state index in [0.717, 1.165) is 18.5 Å². The number of aryl methyl sites for hydroxylation is 1. The number of amides is 2. The van der Waals surface area contributed by atoms with Crippen molar-refractivity contribution in [2.75, 3.05) is 19.6 Å². The lowest BCUT2D eigenvalue weighted by Gasteiger charge is -2.34. The average molecular weight is 373 g/mol. The maximum absolute atomic E-state index is 13.1. The van der Waals surface area contributed by atoms with Gasteiger partial charge in [0.1, 0.15) is 5.82 Å². The summed E-state index contributed by atoms with van der Waals surface area (Å²) in [6, 6.07) is 5.70. The van der Waals surface area contributed by atoms with Crippen LogP contribution in [0.4, 0.5) is 4.39 Å². The van der Waals surface area contributed by atoms with Crippen LogP contribution in [-0.4, -0.2) is 51.9 Å². The van der Waals surface area contributed by atoms with Gasteiger partial charge in [-0.25, -0.2) is 9.37 Å². The number of imidazole rings is 1. The lowest BCUT2D eigenvalue weighted by molar-refractivity contribution is -0.134. The topological polar surface area (TPSA) is 79.3 Å². The van der Waals surface area contributed by atoms with Crippen molar-refractivity contribution >= 4 is 11.8 Å². The molecule has 1 saturated heterocycles. The lowest BCUT2D eigenvalue weighted by atomic mass is 10.1. The van der Waals surface area contributed by atoms with Crippen LogP contribution in [0.5, 0.6) is 0 Å². The summed E-state index contributed by atoms with van der Waals surface area (Å²) >= 11 is 0. The summed E-state index contributed by atoms with van der Waals surface area (Å²) in [5.74, 6) is -0.578. The molecule has 2 amide bonds. The molecule has 0 radical (unpaired) electrons. The highest BCUT2D eigenvalue weighted by Crippen LogP contribution is 2.14. The minimum absolute atomic E-state index is 0.109. The zero-order valence-electron chi connectivity index (χ0n) is 15.1. The fourth-order valence-corrected chi connectivity index (χ4v) is 3.15. The Kier molecular flexibility index (Phi) is 6.54. The van der Waals surface area contributed by atoms with Gasteiger partial charge in [-0.2, -0.15) is 0 Å². The largest absolute Gasteiger partial charge is 0.356 e. The van der Waals surface area contributed by atoms with Crippen LogP contribution in [0.1, 0.15) is 18.4 Å². The van der Waals surface area contributed by atoms with E-state index in [-0.39, 0.29) is 24.1 Å². The molecule has 0 spiro atoms. The molecule has 8 heteroatoms. The van der Waals surface area contributed by atoms with E-state index in [0.29, 0.717) is 26.2 Å². The van der Waals surface area contributed by atoms with Crippen LogP contribution < -0.4 is 10.6 Å². The van der Waals surface area contributed by atoms with Crippen LogP contribution in [0.25, 0.3) is 0 Å². The minimum atomic E-state index is -0.516. The fourth-order valence-electron chi connectivity index (χ4n) is 3.15. The van der Waals surface area contributed by atoms with Gasteiger partial charge in [0.25, 0.3) is 0 Å². The third-order valence-electron chi connectivity index (χ3n) is 4.59. The summed E-state index contributed by atoms with van der Waals surface area (Å²) in [4.78, 5) is 30.5. The molecule has 2 heterocycles. The van der Waals surface area contributed by atoms with Gasteiger partial charge in [-0.1, -0.05) is 12.1 Å².